The molecule has 5 nitrogen and oxygen atoms in total. The molecule has 0 radical (unpaired) electrons. The number of nitrogens with zero attached hydrogens (tertiary/aromatic N) is 1. The van der Waals surface area contributed by atoms with Crippen molar-refractivity contribution in [1.29, 1.82) is 0 Å². The van der Waals surface area contributed by atoms with Gasteiger partial charge < -0.3 is 20.1 Å². The molecule has 0 saturated heterocycles. The second-order valence-corrected chi connectivity index (χ2v) is 6.07. The lowest BCUT2D eigenvalue weighted by atomic mass is 10.0. The van der Waals surface area contributed by atoms with Crippen molar-refractivity contribution in [2.75, 3.05) is 20.8 Å². The molecule has 0 aliphatic rings. The van der Waals surface area contributed by atoms with Gasteiger partial charge in [-0.1, -0.05) is 30.3 Å². The lowest BCUT2D eigenvalue weighted by Crippen LogP contribution is -2.38. The Morgan fingerprint density at radius 1 is 1.15 bits per heavy atom. The monoisotopic (exact) mass is 483 g/mol. The topological polar surface area (TPSA) is 54.9 Å². The van der Waals surface area contributed by atoms with Crippen molar-refractivity contribution in [3.8, 4) is 11.5 Å². The summed E-state index contributed by atoms with van der Waals surface area (Å²) in [6.45, 7) is 7.46. The third-order valence-electron chi connectivity index (χ3n) is 4.22. The lowest BCUT2D eigenvalue weighted by Gasteiger charge is -2.20. The van der Waals surface area contributed by atoms with E-state index in [0.29, 0.717) is 13.2 Å². The van der Waals surface area contributed by atoms with Gasteiger partial charge in [0.1, 0.15) is 0 Å². The van der Waals surface area contributed by atoms with Gasteiger partial charge in [-0.15, -0.1) is 24.0 Å². The minimum atomic E-state index is 0. The van der Waals surface area contributed by atoms with Crippen LogP contribution in [0.3, 0.4) is 0 Å². The summed E-state index contributed by atoms with van der Waals surface area (Å²) in [6.07, 6.45) is 0. The molecular formula is C21H30IN3O2. The van der Waals surface area contributed by atoms with Crippen LogP contribution in [0.1, 0.15) is 36.6 Å². The fourth-order valence-corrected chi connectivity index (χ4v) is 2.84. The molecule has 0 spiro atoms. The van der Waals surface area contributed by atoms with E-state index in [1.807, 2.05) is 25.1 Å². The molecule has 0 aliphatic heterocycles. The van der Waals surface area contributed by atoms with E-state index in [9.17, 15) is 0 Å². The minimum Gasteiger partial charge on any atom is -0.493 e. The van der Waals surface area contributed by atoms with Gasteiger partial charge in [-0.3, -0.25) is 4.99 Å². The molecule has 0 amide bonds. The zero-order valence-corrected chi connectivity index (χ0v) is 19.0. The fourth-order valence-electron chi connectivity index (χ4n) is 2.84. The number of methoxy groups -OCH3 is 1. The smallest absolute Gasteiger partial charge is 0.191 e. The van der Waals surface area contributed by atoms with Crippen LogP contribution < -0.4 is 20.1 Å². The maximum absolute atomic E-state index is 5.64. The third kappa shape index (κ3) is 6.61. The van der Waals surface area contributed by atoms with Crippen LogP contribution in [0, 0.1) is 6.92 Å². The number of aryl methyl sites for hydroxylation is 1. The Bertz CT molecular complexity index is 750. The summed E-state index contributed by atoms with van der Waals surface area (Å²) in [6, 6.07) is 14.5. The van der Waals surface area contributed by atoms with Crippen LogP contribution in [0.25, 0.3) is 0 Å². The van der Waals surface area contributed by atoms with Gasteiger partial charge in [0.15, 0.2) is 17.5 Å². The van der Waals surface area contributed by atoms with Crippen molar-refractivity contribution in [3.63, 3.8) is 0 Å². The summed E-state index contributed by atoms with van der Waals surface area (Å²) in [5.41, 5.74) is 3.62. The maximum Gasteiger partial charge on any atom is 0.191 e. The Morgan fingerprint density at radius 2 is 1.89 bits per heavy atom. The Morgan fingerprint density at radius 3 is 2.52 bits per heavy atom. The molecule has 2 aromatic rings. The Hall–Kier alpha value is -1.96. The molecule has 1 atom stereocenters. The largest absolute Gasteiger partial charge is 0.493 e. The van der Waals surface area contributed by atoms with Crippen LogP contribution in [-0.2, 0) is 6.54 Å². The van der Waals surface area contributed by atoms with Gasteiger partial charge in [0.2, 0.25) is 0 Å². The summed E-state index contributed by atoms with van der Waals surface area (Å²) >= 11 is 0. The second-order valence-electron chi connectivity index (χ2n) is 6.07. The van der Waals surface area contributed by atoms with E-state index in [4.69, 9.17) is 9.47 Å². The van der Waals surface area contributed by atoms with Gasteiger partial charge in [-0.2, -0.15) is 0 Å². The van der Waals surface area contributed by atoms with Crippen molar-refractivity contribution in [2.45, 2.75) is 33.4 Å². The number of hydrogen-bond donors (Lipinski definition) is 2. The molecule has 0 bridgehead atoms. The van der Waals surface area contributed by atoms with E-state index in [1.165, 1.54) is 11.1 Å². The fraction of sp³-hybridized carbons (Fsp3) is 0.381. The molecule has 2 rings (SSSR count). The summed E-state index contributed by atoms with van der Waals surface area (Å²) in [7, 11) is 3.42. The highest BCUT2D eigenvalue weighted by molar-refractivity contribution is 14.0. The van der Waals surface area contributed by atoms with E-state index in [2.05, 4.69) is 53.7 Å². The van der Waals surface area contributed by atoms with Crippen LogP contribution in [0.2, 0.25) is 0 Å². The molecule has 27 heavy (non-hydrogen) atoms. The van der Waals surface area contributed by atoms with E-state index in [0.717, 1.165) is 23.0 Å². The van der Waals surface area contributed by atoms with Gasteiger partial charge in [0.25, 0.3) is 0 Å². The number of halogens is 1. The first kappa shape index (κ1) is 23.1. The summed E-state index contributed by atoms with van der Waals surface area (Å²) in [5, 5.41) is 6.79. The van der Waals surface area contributed by atoms with Gasteiger partial charge in [0.05, 0.1) is 19.8 Å². The van der Waals surface area contributed by atoms with Crippen LogP contribution >= 0.6 is 24.0 Å². The number of hydrogen-bond acceptors (Lipinski definition) is 3. The Labute approximate surface area is 179 Å². The molecule has 0 aromatic heterocycles. The Balaban J connectivity index is 0.00000364. The van der Waals surface area contributed by atoms with Gasteiger partial charge in [-0.25, -0.2) is 0 Å². The first-order valence-corrected chi connectivity index (χ1v) is 8.91. The quantitative estimate of drug-likeness (QED) is 0.347. The number of ether oxygens (including phenoxy) is 2. The molecule has 148 valence electrons. The van der Waals surface area contributed by atoms with Crippen molar-refractivity contribution >= 4 is 29.9 Å². The SMILES string of the molecule is CCOc1cc(CNC(=NC)NC(C)c2ccccc2C)ccc1OC.I. The van der Waals surface area contributed by atoms with Crippen molar-refractivity contribution in [1.82, 2.24) is 10.6 Å². The predicted molar refractivity (Wildman–Crippen MR) is 123 cm³/mol. The summed E-state index contributed by atoms with van der Waals surface area (Å²) in [5.74, 6) is 2.26. The molecule has 1 unspecified atom stereocenters. The average Bonchev–Trinajstić information content (AvgIpc) is 2.65. The molecule has 2 aromatic carbocycles. The molecule has 0 fully saturated rings. The second kappa shape index (κ2) is 11.7. The first-order valence-electron chi connectivity index (χ1n) is 8.91. The molecule has 6 heteroatoms. The number of benzene rings is 2. The van der Waals surface area contributed by atoms with Crippen LogP contribution in [0.4, 0.5) is 0 Å². The maximum atomic E-state index is 5.64. The van der Waals surface area contributed by atoms with E-state index >= 15 is 0 Å². The molecule has 0 aliphatic carbocycles. The van der Waals surface area contributed by atoms with E-state index < -0.39 is 0 Å². The zero-order chi connectivity index (χ0) is 18.9. The molecular weight excluding hydrogens is 453 g/mol. The number of rotatable bonds is 7. The third-order valence-corrected chi connectivity index (χ3v) is 4.22. The van der Waals surface area contributed by atoms with Crippen molar-refractivity contribution in [2.24, 2.45) is 4.99 Å². The van der Waals surface area contributed by atoms with Gasteiger partial charge in [0, 0.05) is 13.6 Å². The van der Waals surface area contributed by atoms with Crippen LogP contribution in [0.15, 0.2) is 47.5 Å². The highest BCUT2D eigenvalue weighted by atomic mass is 127. The zero-order valence-electron chi connectivity index (χ0n) is 16.7. The van der Waals surface area contributed by atoms with Crippen molar-refractivity contribution < 1.29 is 9.47 Å². The number of aliphatic imine (C=N–C) groups is 1. The molecule has 0 heterocycles. The molecule has 2 N–H and O–H groups in total. The first-order chi connectivity index (χ1) is 12.6. The Kier molecular flexibility index (Phi) is 9.99. The van der Waals surface area contributed by atoms with Gasteiger partial charge in [-0.05, 0) is 49.6 Å². The van der Waals surface area contributed by atoms with E-state index in [-0.39, 0.29) is 30.0 Å². The minimum absolute atomic E-state index is 0. The average molecular weight is 483 g/mol. The summed E-state index contributed by atoms with van der Waals surface area (Å²) in [4.78, 5) is 4.33. The summed E-state index contributed by atoms with van der Waals surface area (Å²) < 4.78 is 11.0. The standard InChI is InChI=1S/C21H29N3O2.HI/c1-6-26-20-13-17(11-12-19(20)25-5)14-23-21(22-4)24-16(3)18-10-8-7-9-15(18)2;/h7-13,16H,6,14H2,1-5H3,(H2,22,23,24);1H. The highest BCUT2D eigenvalue weighted by Gasteiger charge is 2.10. The van der Waals surface area contributed by atoms with Crippen molar-refractivity contribution in [3.05, 3.63) is 59.2 Å². The van der Waals surface area contributed by atoms with Crippen LogP contribution in [-0.4, -0.2) is 26.7 Å². The normalized spacial score (nSPS) is 12.0. The highest BCUT2D eigenvalue weighted by Crippen LogP contribution is 2.28. The molecule has 0 saturated carbocycles. The lowest BCUT2D eigenvalue weighted by molar-refractivity contribution is 0.310. The van der Waals surface area contributed by atoms with Crippen LogP contribution in [0.5, 0.6) is 11.5 Å². The number of guanidine groups is 1. The number of nitrogens with one attached hydrogen (secondary N) is 2. The van der Waals surface area contributed by atoms with E-state index in [1.54, 1.807) is 14.2 Å². The predicted octanol–water partition coefficient (Wildman–Crippen LogP) is 4.45. The van der Waals surface area contributed by atoms with Gasteiger partial charge >= 0.3 is 0 Å².